The van der Waals surface area contributed by atoms with Crippen LogP contribution in [0.25, 0.3) is 0 Å². The normalized spacial score (nSPS) is 26.0. The average Bonchev–Trinajstić information content (AvgIpc) is 2.90. The van der Waals surface area contributed by atoms with Crippen LogP contribution in [0.2, 0.25) is 0 Å². The van der Waals surface area contributed by atoms with Gasteiger partial charge in [-0.2, -0.15) is 11.8 Å². The fourth-order valence-corrected chi connectivity index (χ4v) is 4.76. The first-order chi connectivity index (χ1) is 10.2. The molecule has 1 aliphatic carbocycles. The Kier molecular flexibility index (Phi) is 5.12. The maximum atomic E-state index is 2.57. The van der Waals surface area contributed by atoms with E-state index < -0.39 is 0 Å². The van der Waals surface area contributed by atoms with Crippen molar-refractivity contribution in [2.24, 2.45) is 5.92 Å². The quantitative estimate of drug-likeness (QED) is 0.767. The highest BCUT2D eigenvalue weighted by atomic mass is 32.2. The Morgan fingerprint density at radius 2 is 2.05 bits per heavy atom. The van der Waals surface area contributed by atoms with Gasteiger partial charge in [-0.1, -0.05) is 17.7 Å². The summed E-state index contributed by atoms with van der Waals surface area (Å²) in [6.45, 7) is 2.36. The summed E-state index contributed by atoms with van der Waals surface area (Å²) in [5.41, 5.74) is 3.24. The van der Waals surface area contributed by atoms with Gasteiger partial charge in [0.2, 0.25) is 0 Å². The van der Waals surface area contributed by atoms with Gasteiger partial charge in [0, 0.05) is 6.54 Å². The Hall–Kier alpha value is -0.670. The first-order valence-electron chi connectivity index (χ1n) is 8.31. The Balaban J connectivity index is 1.58. The van der Waals surface area contributed by atoms with Crippen LogP contribution in [0.3, 0.4) is 0 Å². The summed E-state index contributed by atoms with van der Waals surface area (Å²) < 4.78 is 0. The molecule has 1 fully saturated rings. The molecule has 2 heterocycles. The van der Waals surface area contributed by atoms with Crippen LogP contribution >= 0.6 is 11.8 Å². The number of hydrogen-bond donors (Lipinski definition) is 0. The maximum absolute atomic E-state index is 2.57. The Labute approximate surface area is 133 Å². The van der Waals surface area contributed by atoms with E-state index in [0.717, 1.165) is 5.92 Å². The minimum absolute atomic E-state index is 0.627. The molecule has 1 unspecified atom stereocenters. The molecule has 0 aromatic heterocycles. The van der Waals surface area contributed by atoms with Gasteiger partial charge >= 0.3 is 0 Å². The van der Waals surface area contributed by atoms with Crippen LogP contribution in [-0.2, 0) is 0 Å². The van der Waals surface area contributed by atoms with E-state index in [4.69, 9.17) is 0 Å². The van der Waals surface area contributed by atoms with E-state index in [2.05, 4.69) is 60.1 Å². The molecule has 0 radical (unpaired) electrons. The van der Waals surface area contributed by atoms with Crippen molar-refractivity contribution in [2.45, 2.75) is 31.7 Å². The first kappa shape index (κ1) is 15.2. The Morgan fingerprint density at radius 1 is 1.24 bits per heavy atom. The van der Waals surface area contributed by atoms with Gasteiger partial charge in [-0.25, -0.2) is 0 Å². The van der Waals surface area contributed by atoms with E-state index in [1.54, 1.807) is 5.57 Å². The second kappa shape index (κ2) is 7.06. The van der Waals surface area contributed by atoms with Gasteiger partial charge in [0.25, 0.3) is 0 Å². The fourth-order valence-electron chi connectivity index (χ4n) is 3.66. The van der Waals surface area contributed by atoms with Crippen LogP contribution in [0.4, 0.5) is 0 Å². The van der Waals surface area contributed by atoms with Crippen LogP contribution in [0.15, 0.2) is 35.6 Å². The number of thioether (sulfide) groups is 1. The monoisotopic (exact) mass is 304 g/mol. The zero-order valence-electron chi connectivity index (χ0n) is 13.4. The highest BCUT2D eigenvalue weighted by molar-refractivity contribution is 7.99. The van der Waals surface area contributed by atoms with Crippen molar-refractivity contribution in [3.8, 4) is 0 Å². The third kappa shape index (κ3) is 3.75. The average molecular weight is 305 g/mol. The van der Waals surface area contributed by atoms with E-state index in [1.807, 2.05) is 0 Å². The summed E-state index contributed by atoms with van der Waals surface area (Å²) in [7, 11) is 4.32. The van der Waals surface area contributed by atoms with Crippen molar-refractivity contribution in [1.29, 1.82) is 0 Å². The Morgan fingerprint density at radius 3 is 2.81 bits per heavy atom. The van der Waals surface area contributed by atoms with E-state index in [-0.39, 0.29) is 0 Å². The van der Waals surface area contributed by atoms with Gasteiger partial charge in [-0.3, -0.25) is 0 Å². The molecular weight excluding hydrogens is 276 g/mol. The molecule has 0 N–H and O–H groups in total. The molecule has 3 aliphatic rings. The molecule has 3 rings (SSSR count). The van der Waals surface area contributed by atoms with Crippen LogP contribution in [0, 0.1) is 5.92 Å². The van der Waals surface area contributed by atoms with Gasteiger partial charge < -0.3 is 9.80 Å². The minimum atomic E-state index is 0.627. The van der Waals surface area contributed by atoms with Crippen molar-refractivity contribution in [2.75, 3.05) is 38.7 Å². The van der Waals surface area contributed by atoms with Crippen molar-refractivity contribution >= 4 is 11.8 Å². The molecule has 3 heteroatoms. The maximum Gasteiger partial charge on any atom is 0.0574 e. The molecule has 0 bridgehead atoms. The summed E-state index contributed by atoms with van der Waals surface area (Å²) in [4.78, 5) is 4.85. The van der Waals surface area contributed by atoms with E-state index in [0.29, 0.717) is 6.04 Å². The lowest BCUT2D eigenvalue weighted by atomic mass is 9.83. The van der Waals surface area contributed by atoms with Crippen LogP contribution in [0.1, 0.15) is 25.7 Å². The molecule has 116 valence electrons. The van der Waals surface area contributed by atoms with E-state index in [9.17, 15) is 0 Å². The Bertz CT molecular complexity index is 444. The van der Waals surface area contributed by atoms with Gasteiger partial charge in [-0.15, -0.1) is 0 Å². The number of fused-ring (bicyclic) bond motifs is 1. The SMILES string of the molecule is CN(C)CCCN1C=CC2=CC=C(C3CCSCC3)CC21. The summed E-state index contributed by atoms with van der Waals surface area (Å²) in [6.07, 6.45) is 14.7. The summed E-state index contributed by atoms with van der Waals surface area (Å²) in [5, 5.41) is 0. The predicted molar refractivity (Wildman–Crippen MR) is 93.6 cm³/mol. The van der Waals surface area contributed by atoms with Crippen molar-refractivity contribution in [1.82, 2.24) is 9.80 Å². The molecular formula is C18H28N2S. The van der Waals surface area contributed by atoms with Crippen LogP contribution in [-0.4, -0.2) is 54.5 Å². The molecule has 0 amide bonds. The molecule has 2 nitrogen and oxygen atoms in total. The molecule has 1 atom stereocenters. The zero-order valence-corrected chi connectivity index (χ0v) is 14.2. The van der Waals surface area contributed by atoms with Gasteiger partial charge in [-0.05, 0) is 81.6 Å². The van der Waals surface area contributed by atoms with Crippen LogP contribution in [0.5, 0.6) is 0 Å². The third-order valence-electron chi connectivity index (χ3n) is 4.93. The van der Waals surface area contributed by atoms with Crippen LogP contribution < -0.4 is 0 Å². The van der Waals surface area contributed by atoms with Crippen molar-refractivity contribution < 1.29 is 0 Å². The molecule has 0 spiro atoms. The van der Waals surface area contributed by atoms with Gasteiger partial charge in [0.15, 0.2) is 0 Å². The topological polar surface area (TPSA) is 6.48 Å². The zero-order chi connectivity index (χ0) is 14.7. The number of hydrogen-bond acceptors (Lipinski definition) is 3. The standard InChI is InChI=1S/C18H28N2S/c1-19(2)9-3-10-20-11-6-16-4-5-17(14-18(16)20)15-7-12-21-13-8-15/h4-6,11,15,18H,3,7-10,12-14H2,1-2H3. The lowest BCUT2D eigenvalue weighted by Crippen LogP contribution is -2.33. The molecule has 2 aliphatic heterocycles. The van der Waals surface area contributed by atoms with E-state index in [1.165, 1.54) is 55.9 Å². The van der Waals surface area contributed by atoms with Crippen molar-refractivity contribution in [3.63, 3.8) is 0 Å². The number of nitrogens with zero attached hydrogens (tertiary/aromatic N) is 2. The number of rotatable bonds is 5. The summed E-state index contributed by atoms with van der Waals surface area (Å²) in [6, 6.07) is 0.627. The third-order valence-corrected chi connectivity index (χ3v) is 5.98. The smallest absolute Gasteiger partial charge is 0.0574 e. The largest absolute Gasteiger partial charge is 0.370 e. The molecule has 21 heavy (non-hydrogen) atoms. The highest BCUT2D eigenvalue weighted by Crippen LogP contribution is 2.37. The number of allylic oxidation sites excluding steroid dienone is 2. The first-order valence-corrected chi connectivity index (χ1v) is 9.46. The summed E-state index contributed by atoms with van der Waals surface area (Å²) in [5.74, 6) is 3.57. The minimum Gasteiger partial charge on any atom is -0.370 e. The van der Waals surface area contributed by atoms with Gasteiger partial charge in [0.1, 0.15) is 0 Å². The molecule has 0 aromatic rings. The second-order valence-electron chi connectivity index (χ2n) is 6.73. The lowest BCUT2D eigenvalue weighted by Gasteiger charge is -2.33. The van der Waals surface area contributed by atoms with Crippen molar-refractivity contribution in [3.05, 3.63) is 35.6 Å². The second-order valence-corrected chi connectivity index (χ2v) is 7.95. The molecule has 1 saturated heterocycles. The van der Waals surface area contributed by atoms with Gasteiger partial charge in [0.05, 0.1) is 6.04 Å². The predicted octanol–water partition coefficient (Wildman–Crippen LogP) is 3.54. The fraction of sp³-hybridized carbons (Fsp3) is 0.667. The highest BCUT2D eigenvalue weighted by Gasteiger charge is 2.29. The molecule has 0 saturated carbocycles. The lowest BCUT2D eigenvalue weighted by molar-refractivity contribution is 0.289. The van der Waals surface area contributed by atoms with E-state index >= 15 is 0 Å². The summed E-state index contributed by atoms with van der Waals surface area (Å²) >= 11 is 2.13. The molecule has 0 aromatic carbocycles.